The molecule has 0 bridgehead atoms. The minimum atomic E-state index is -0.687. The molecule has 3 nitrogen and oxygen atoms in total. The van der Waals surface area contributed by atoms with E-state index in [1.807, 2.05) is 30.3 Å². The average molecular weight is 193 g/mol. The van der Waals surface area contributed by atoms with Gasteiger partial charge in [0.1, 0.15) is 0 Å². The molecule has 0 radical (unpaired) electrons. The van der Waals surface area contributed by atoms with Crippen LogP contribution in [0.3, 0.4) is 0 Å². The Bertz CT molecular complexity index is 310. The predicted octanol–water partition coefficient (Wildman–Crippen LogP) is 1.03. The van der Waals surface area contributed by atoms with Crippen LogP contribution in [-0.4, -0.2) is 17.6 Å². The third kappa shape index (κ3) is 2.33. The van der Waals surface area contributed by atoms with E-state index in [0.717, 1.165) is 5.56 Å². The summed E-state index contributed by atoms with van der Waals surface area (Å²) < 4.78 is 0. The van der Waals surface area contributed by atoms with Crippen molar-refractivity contribution in [1.29, 1.82) is 0 Å². The van der Waals surface area contributed by atoms with Crippen LogP contribution < -0.4 is 5.32 Å². The van der Waals surface area contributed by atoms with E-state index >= 15 is 0 Å². The highest BCUT2D eigenvalue weighted by Crippen LogP contribution is 2.19. The first kappa shape index (κ1) is 10.7. The van der Waals surface area contributed by atoms with Gasteiger partial charge < -0.3 is 10.4 Å². The quantitative estimate of drug-likeness (QED) is 0.753. The third-order valence-corrected chi connectivity index (χ3v) is 2.18. The molecule has 1 aromatic rings. The molecule has 0 fully saturated rings. The van der Waals surface area contributed by atoms with Crippen LogP contribution in [0.25, 0.3) is 0 Å². The van der Waals surface area contributed by atoms with Gasteiger partial charge >= 0.3 is 0 Å². The van der Waals surface area contributed by atoms with Crippen molar-refractivity contribution in [3.8, 4) is 0 Å². The fourth-order valence-corrected chi connectivity index (χ4v) is 1.40. The molecule has 0 saturated carbocycles. The molecule has 1 atom stereocenters. The summed E-state index contributed by atoms with van der Waals surface area (Å²) in [7, 11) is 0. The molecular weight excluding hydrogens is 178 g/mol. The Morgan fingerprint density at radius 1 is 1.43 bits per heavy atom. The fourth-order valence-electron chi connectivity index (χ4n) is 1.40. The number of amides is 1. The van der Waals surface area contributed by atoms with Crippen molar-refractivity contribution in [2.75, 3.05) is 6.61 Å². The Balaban J connectivity index is 2.95. The molecule has 0 heterocycles. The maximum absolute atomic E-state index is 11.0. The van der Waals surface area contributed by atoms with Crippen LogP contribution in [-0.2, 0) is 10.3 Å². The normalized spacial score (nSPS) is 14.5. The summed E-state index contributed by atoms with van der Waals surface area (Å²) in [5, 5.41) is 12.0. The van der Waals surface area contributed by atoms with Crippen molar-refractivity contribution < 1.29 is 9.90 Å². The first-order valence-corrected chi connectivity index (χ1v) is 4.53. The zero-order valence-electron chi connectivity index (χ0n) is 8.45. The lowest BCUT2D eigenvalue weighted by Crippen LogP contribution is -2.45. The van der Waals surface area contributed by atoms with Crippen LogP contribution in [0.5, 0.6) is 0 Å². The zero-order chi connectivity index (χ0) is 10.6. The van der Waals surface area contributed by atoms with Crippen LogP contribution in [0.1, 0.15) is 19.4 Å². The number of benzene rings is 1. The summed E-state index contributed by atoms with van der Waals surface area (Å²) in [5.74, 6) is -0.148. The van der Waals surface area contributed by atoms with E-state index in [2.05, 4.69) is 5.32 Å². The van der Waals surface area contributed by atoms with Crippen LogP contribution in [0.4, 0.5) is 0 Å². The molecule has 0 aliphatic carbocycles. The second-order valence-corrected chi connectivity index (χ2v) is 3.54. The van der Waals surface area contributed by atoms with Gasteiger partial charge in [0.2, 0.25) is 5.91 Å². The van der Waals surface area contributed by atoms with Crippen LogP contribution in [0.2, 0.25) is 0 Å². The molecule has 1 rings (SSSR count). The Labute approximate surface area is 83.8 Å². The van der Waals surface area contributed by atoms with Gasteiger partial charge in [-0.05, 0) is 12.5 Å². The smallest absolute Gasteiger partial charge is 0.217 e. The minimum absolute atomic E-state index is 0.114. The summed E-state index contributed by atoms with van der Waals surface area (Å²) in [4.78, 5) is 11.0. The van der Waals surface area contributed by atoms with Gasteiger partial charge in [-0.2, -0.15) is 0 Å². The molecule has 3 heteroatoms. The monoisotopic (exact) mass is 193 g/mol. The Morgan fingerprint density at radius 3 is 2.43 bits per heavy atom. The molecule has 0 aliphatic rings. The molecule has 14 heavy (non-hydrogen) atoms. The lowest BCUT2D eigenvalue weighted by atomic mass is 9.93. The van der Waals surface area contributed by atoms with Crippen LogP contribution in [0.15, 0.2) is 30.3 Å². The van der Waals surface area contributed by atoms with E-state index in [1.54, 1.807) is 6.92 Å². The molecule has 2 N–H and O–H groups in total. The van der Waals surface area contributed by atoms with Crippen molar-refractivity contribution in [2.45, 2.75) is 19.4 Å². The standard InChI is InChI=1S/C11H15NO2/c1-9(14)12-11(2,8-13)10-6-4-3-5-7-10/h3-7,13H,8H2,1-2H3,(H,12,14)/t11-/m1/s1. The average Bonchev–Trinajstić information content (AvgIpc) is 2.18. The highest BCUT2D eigenvalue weighted by atomic mass is 16.3. The maximum atomic E-state index is 11.0. The van der Waals surface area contributed by atoms with E-state index in [4.69, 9.17) is 0 Å². The van der Waals surface area contributed by atoms with E-state index in [0.29, 0.717) is 0 Å². The molecule has 1 aromatic carbocycles. The highest BCUT2D eigenvalue weighted by Gasteiger charge is 2.25. The number of carbonyl (C=O) groups excluding carboxylic acids is 1. The highest BCUT2D eigenvalue weighted by molar-refractivity contribution is 5.74. The lowest BCUT2D eigenvalue weighted by Gasteiger charge is -2.28. The fraction of sp³-hybridized carbons (Fsp3) is 0.364. The topological polar surface area (TPSA) is 49.3 Å². The van der Waals surface area contributed by atoms with Crippen molar-refractivity contribution >= 4 is 5.91 Å². The maximum Gasteiger partial charge on any atom is 0.217 e. The van der Waals surface area contributed by atoms with Gasteiger partial charge in [0.15, 0.2) is 0 Å². The second kappa shape index (κ2) is 4.24. The third-order valence-electron chi connectivity index (χ3n) is 2.18. The van der Waals surface area contributed by atoms with Gasteiger partial charge in [-0.15, -0.1) is 0 Å². The SMILES string of the molecule is CC(=O)N[C@](C)(CO)c1ccccc1. The van der Waals surface area contributed by atoms with Gasteiger partial charge in [0.05, 0.1) is 12.1 Å². The first-order valence-electron chi connectivity index (χ1n) is 4.53. The molecule has 0 aliphatic heterocycles. The molecule has 0 aromatic heterocycles. The van der Waals surface area contributed by atoms with Gasteiger partial charge in [0.25, 0.3) is 0 Å². The molecular formula is C11H15NO2. The number of rotatable bonds is 3. The number of aliphatic hydroxyl groups excluding tert-OH is 1. The zero-order valence-corrected chi connectivity index (χ0v) is 8.45. The second-order valence-electron chi connectivity index (χ2n) is 3.54. The molecule has 0 unspecified atom stereocenters. The summed E-state index contributed by atoms with van der Waals surface area (Å²) in [6, 6.07) is 9.42. The van der Waals surface area contributed by atoms with Crippen molar-refractivity contribution in [2.24, 2.45) is 0 Å². The number of hydrogen-bond donors (Lipinski definition) is 2. The number of carbonyl (C=O) groups is 1. The Kier molecular flexibility index (Phi) is 3.25. The van der Waals surface area contributed by atoms with E-state index in [9.17, 15) is 9.90 Å². The lowest BCUT2D eigenvalue weighted by molar-refractivity contribution is -0.121. The molecule has 0 spiro atoms. The summed E-state index contributed by atoms with van der Waals surface area (Å²) in [6.07, 6.45) is 0. The number of nitrogens with one attached hydrogen (secondary N) is 1. The van der Waals surface area contributed by atoms with Crippen LogP contribution in [0, 0.1) is 0 Å². The van der Waals surface area contributed by atoms with Gasteiger partial charge in [-0.25, -0.2) is 0 Å². The number of hydrogen-bond acceptors (Lipinski definition) is 2. The van der Waals surface area contributed by atoms with Gasteiger partial charge in [-0.1, -0.05) is 30.3 Å². The predicted molar refractivity (Wildman–Crippen MR) is 54.7 cm³/mol. The van der Waals surface area contributed by atoms with Crippen molar-refractivity contribution in [1.82, 2.24) is 5.32 Å². The van der Waals surface area contributed by atoms with E-state index in [1.165, 1.54) is 6.92 Å². The van der Waals surface area contributed by atoms with E-state index in [-0.39, 0.29) is 12.5 Å². The summed E-state index contributed by atoms with van der Waals surface area (Å²) in [6.45, 7) is 3.12. The first-order chi connectivity index (χ1) is 6.58. The molecule has 0 saturated heterocycles. The summed E-state index contributed by atoms with van der Waals surface area (Å²) in [5.41, 5.74) is 0.213. The van der Waals surface area contributed by atoms with Crippen molar-refractivity contribution in [3.63, 3.8) is 0 Å². The Morgan fingerprint density at radius 2 is 2.00 bits per heavy atom. The molecule has 76 valence electrons. The van der Waals surface area contributed by atoms with E-state index < -0.39 is 5.54 Å². The Hall–Kier alpha value is -1.35. The van der Waals surface area contributed by atoms with Gasteiger partial charge in [0, 0.05) is 6.92 Å². The minimum Gasteiger partial charge on any atom is -0.394 e. The number of aliphatic hydroxyl groups is 1. The molecule has 1 amide bonds. The van der Waals surface area contributed by atoms with Crippen LogP contribution >= 0.6 is 0 Å². The summed E-state index contributed by atoms with van der Waals surface area (Å²) >= 11 is 0. The largest absolute Gasteiger partial charge is 0.394 e. The van der Waals surface area contributed by atoms with Crippen molar-refractivity contribution in [3.05, 3.63) is 35.9 Å². The van der Waals surface area contributed by atoms with Gasteiger partial charge in [-0.3, -0.25) is 4.79 Å².